The largest absolute Gasteiger partial charge is 1.00 e. The summed E-state index contributed by atoms with van der Waals surface area (Å²) < 4.78 is 68.2. The van der Waals surface area contributed by atoms with Crippen molar-refractivity contribution in [2.45, 2.75) is 36.0 Å². The summed E-state index contributed by atoms with van der Waals surface area (Å²) in [5.74, 6) is -0.670. The van der Waals surface area contributed by atoms with Crippen molar-refractivity contribution in [3.8, 4) is 17.8 Å². The van der Waals surface area contributed by atoms with E-state index < -0.39 is 41.5 Å². The maximum atomic E-state index is 13.3. The number of aromatic nitrogens is 2. The van der Waals surface area contributed by atoms with E-state index >= 15 is 0 Å². The van der Waals surface area contributed by atoms with Gasteiger partial charge < -0.3 is 9.11 Å². The van der Waals surface area contributed by atoms with Gasteiger partial charge in [-0.05, 0) is 67.8 Å². The van der Waals surface area contributed by atoms with Crippen molar-refractivity contribution in [1.29, 1.82) is 10.5 Å². The zero-order chi connectivity index (χ0) is 30.1. The fraction of sp³-hybridized carbons (Fsp3) is 0.160. The molecule has 1 aliphatic heterocycles. The maximum absolute atomic E-state index is 13.3. The van der Waals surface area contributed by atoms with Gasteiger partial charge in [0.05, 0.1) is 32.3 Å². The summed E-state index contributed by atoms with van der Waals surface area (Å²) in [5, 5.41) is 26.8. The van der Waals surface area contributed by atoms with E-state index in [0.717, 1.165) is 34.0 Å². The first-order valence-corrected chi connectivity index (χ1v) is 14.5. The van der Waals surface area contributed by atoms with Gasteiger partial charge in [-0.25, -0.2) is 21.5 Å². The molecule has 2 aromatic carbocycles. The second-order valence-electron chi connectivity index (χ2n) is 8.62. The number of nitrogens with zero attached hydrogens (tertiary/aromatic N) is 5. The number of H-pyrrole nitrogens is 1. The third-order valence-electron chi connectivity index (χ3n) is 6.26. The van der Waals surface area contributed by atoms with E-state index in [1.54, 1.807) is 6.92 Å². The van der Waals surface area contributed by atoms with Gasteiger partial charge in [-0.15, -0.1) is 0 Å². The van der Waals surface area contributed by atoms with Gasteiger partial charge in [-0.2, -0.15) is 20.6 Å². The van der Waals surface area contributed by atoms with Crippen molar-refractivity contribution in [2.75, 3.05) is 5.01 Å². The number of hydrogen-bond donors (Lipinski definition) is 1. The molecule has 14 nitrogen and oxygen atoms in total. The third-order valence-corrected chi connectivity index (χ3v) is 7.96. The molecule has 0 saturated carbocycles. The van der Waals surface area contributed by atoms with Gasteiger partial charge >= 0.3 is 59.1 Å². The molecule has 43 heavy (non-hydrogen) atoms. The fourth-order valence-corrected chi connectivity index (χ4v) is 5.16. The summed E-state index contributed by atoms with van der Waals surface area (Å²) in [6.45, 7) is 1.73. The quantitative estimate of drug-likeness (QED) is 0.141. The van der Waals surface area contributed by atoms with E-state index in [1.807, 2.05) is 12.1 Å². The van der Waals surface area contributed by atoms with Crippen LogP contribution in [0.15, 0.2) is 79.4 Å². The van der Waals surface area contributed by atoms with Gasteiger partial charge in [0.25, 0.3) is 11.5 Å². The van der Waals surface area contributed by atoms with Crippen LogP contribution in [0, 0.1) is 22.7 Å². The van der Waals surface area contributed by atoms with Gasteiger partial charge in [-0.1, -0.05) is 12.5 Å². The minimum Gasteiger partial charge on any atom is -0.744 e. The minimum atomic E-state index is -4.71. The van der Waals surface area contributed by atoms with Crippen LogP contribution in [0.25, 0.3) is 5.69 Å². The molecule has 1 amide bonds. The van der Waals surface area contributed by atoms with E-state index in [1.165, 1.54) is 24.3 Å². The molecule has 3 aromatic rings. The minimum absolute atomic E-state index is 0. The molecule has 0 unspecified atom stereocenters. The van der Waals surface area contributed by atoms with Gasteiger partial charge in [0.2, 0.25) is 0 Å². The SMILES string of the molecule is CCC(CCc1c(C#N)[nH]n(-c2ccc(S(=O)(=O)[O-])cc2)c1=O)=C1C(=O)N(c2ccc(S(=O)(=O)[O-])cc2)N=C1C#N.[Na+].[Na+]. The number of carbonyl (C=O) groups excluding carboxylic acids is 1. The Bertz CT molecular complexity index is 1990. The maximum Gasteiger partial charge on any atom is 1.00 e. The summed E-state index contributed by atoms with van der Waals surface area (Å²) in [7, 11) is -9.40. The predicted molar refractivity (Wildman–Crippen MR) is 140 cm³/mol. The molecule has 0 saturated heterocycles. The Balaban J connectivity index is 0.00000323. The number of anilines is 1. The third kappa shape index (κ3) is 7.62. The Morgan fingerprint density at radius 2 is 1.40 bits per heavy atom. The van der Waals surface area contributed by atoms with Crippen molar-refractivity contribution in [2.24, 2.45) is 5.10 Å². The van der Waals surface area contributed by atoms with E-state index in [0.29, 0.717) is 5.57 Å². The molecule has 18 heteroatoms. The molecule has 2 heterocycles. The first-order valence-electron chi connectivity index (χ1n) is 11.7. The van der Waals surface area contributed by atoms with Crippen molar-refractivity contribution in [3.63, 3.8) is 0 Å². The molecule has 1 aliphatic rings. The number of allylic oxidation sites excluding steroid dienone is 1. The number of amides is 1. The average Bonchev–Trinajstić information content (AvgIpc) is 3.44. The summed E-state index contributed by atoms with van der Waals surface area (Å²) in [5.41, 5.74) is -0.0386. The first-order chi connectivity index (χ1) is 19.3. The van der Waals surface area contributed by atoms with E-state index in [-0.39, 0.29) is 112 Å². The Kier molecular flexibility index (Phi) is 12.1. The Hall–Kier alpha value is -2.87. The predicted octanol–water partition coefficient (Wildman–Crippen LogP) is -4.58. The topological polar surface area (TPSA) is 232 Å². The molecule has 4 rings (SSSR count). The number of nitriles is 2. The summed E-state index contributed by atoms with van der Waals surface area (Å²) in [6.07, 6.45) is 0.371. The van der Waals surface area contributed by atoms with Crippen LogP contribution in [0.3, 0.4) is 0 Å². The molecular formula is C25H18N6Na2O8S2. The molecule has 210 valence electrons. The standard InChI is InChI=1S/C25H20N6O8S2.2Na/c1-2-15(23-22(14-27)29-31(25(23)33)17-6-10-19(11-7-17)41(37,38)39)3-12-20-21(13-26)28-30(24(20)32)16-4-8-18(9-5-16)40(34,35)36;;/h4-11,28H,2-3,12H2,1H3,(H,34,35,36)(H,37,38,39);;/q;2*+1/p-2. The Morgan fingerprint density at radius 3 is 1.84 bits per heavy atom. The van der Waals surface area contributed by atoms with Gasteiger partial charge in [-0.3, -0.25) is 14.7 Å². The van der Waals surface area contributed by atoms with Crippen LogP contribution in [0.2, 0.25) is 0 Å². The van der Waals surface area contributed by atoms with E-state index in [4.69, 9.17) is 0 Å². The molecule has 0 bridgehead atoms. The van der Waals surface area contributed by atoms with E-state index in [2.05, 4.69) is 10.2 Å². The molecular weight excluding hydrogens is 622 g/mol. The number of carbonyl (C=O) groups is 1. The van der Waals surface area contributed by atoms with Crippen molar-refractivity contribution < 1.29 is 89.9 Å². The number of aromatic amines is 1. The van der Waals surface area contributed by atoms with Crippen molar-refractivity contribution in [1.82, 2.24) is 9.78 Å². The number of benzene rings is 2. The summed E-state index contributed by atoms with van der Waals surface area (Å²) in [6, 6.07) is 12.7. The van der Waals surface area contributed by atoms with Crippen molar-refractivity contribution in [3.05, 3.63) is 81.3 Å². The number of rotatable bonds is 8. The second-order valence-corrected chi connectivity index (χ2v) is 11.4. The first kappa shape index (κ1) is 36.3. The van der Waals surface area contributed by atoms with Gasteiger partial charge in [0.1, 0.15) is 38.1 Å². The fourth-order valence-electron chi connectivity index (χ4n) is 4.22. The van der Waals surface area contributed by atoms with Crippen LogP contribution in [-0.4, -0.2) is 47.3 Å². The Labute approximate surface area is 290 Å². The molecule has 0 radical (unpaired) electrons. The zero-order valence-corrected chi connectivity index (χ0v) is 28.7. The molecule has 1 aromatic heterocycles. The van der Waals surface area contributed by atoms with Crippen LogP contribution >= 0.6 is 0 Å². The van der Waals surface area contributed by atoms with Crippen LogP contribution in [-0.2, 0) is 31.5 Å². The van der Waals surface area contributed by atoms with Crippen LogP contribution in [0.1, 0.15) is 31.0 Å². The summed E-state index contributed by atoms with van der Waals surface area (Å²) in [4.78, 5) is 25.4. The van der Waals surface area contributed by atoms with Crippen molar-refractivity contribution >= 4 is 37.5 Å². The monoisotopic (exact) mass is 640 g/mol. The van der Waals surface area contributed by atoms with E-state index in [9.17, 15) is 46.1 Å². The summed E-state index contributed by atoms with van der Waals surface area (Å²) >= 11 is 0. The Morgan fingerprint density at radius 1 is 0.884 bits per heavy atom. The number of hydrazone groups is 1. The average molecular weight is 641 g/mol. The van der Waals surface area contributed by atoms with Gasteiger partial charge in [0.15, 0.2) is 5.71 Å². The molecule has 0 atom stereocenters. The van der Waals surface area contributed by atoms with Crippen LogP contribution in [0.4, 0.5) is 5.69 Å². The second kappa shape index (κ2) is 14.3. The van der Waals surface area contributed by atoms with Gasteiger partial charge in [0, 0.05) is 0 Å². The normalized spacial score (nSPS) is 14.2. The number of nitrogens with one attached hydrogen (secondary N) is 1. The molecule has 1 N–H and O–H groups in total. The molecule has 0 spiro atoms. The van der Waals surface area contributed by atoms with Crippen LogP contribution < -0.4 is 69.7 Å². The smallest absolute Gasteiger partial charge is 0.744 e. The van der Waals surface area contributed by atoms with Crippen LogP contribution in [0.5, 0.6) is 0 Å². The zero-order valence-electron chi connectivity index (χ0n) is 23.1. The molecule has 0 aliphatic carbocycles. The number of hydrogen-bond acceptors (Lipinski definition) is 11. The molecule has 0 fully saturated rings.